The second kappa shape index (κ2) is 6.04. The van der Waals surface area contributed by atoms with E-state index in [1.807, 2.05) is 0 Å². The number of carbonyl (C=O) groups is 2. The van der Waals surface area contributed by atoms with Crippen molar-refractivity contribution in [2.75, 3.05) is 0 Å². The summed E-state index contributed by atoms with van der Waals surface area (Å²) in [5.41, 5.74) is 0.866. The van der Waals surface area contributed by atoms with Gasteiger partial charge >= 0.3 is 11.9 Å². The molecule has 0 saturated heterocycles. The van der Waals surface area contributed by atoms with Gasteiger partial charge in [0.25, 0.3) is 0 Å². The Morgan fingerprint density at radius 3 is 2.19 bits per heavy atom. The van der Waals surface area contributed by atoms with Crippen molar-refractivity contribution in [2.45, 2.75) is 37.9 Å². The molecule has 3 fully saturated rings. The molecule has 6 unspecified atom stereocenters. The first-order chi connectivity index (χ1) is 12.7. The van der Waals surface area contributed by atoms with Crippen LogP contribution in [0.5, 0.6) is 0 Å². The molecule has 0 aromatic carbocycles. The second-order valence-corrected chi connectivity index (χ2v) is 7.79. The molecule has 3 saturated carbocycles. The molecule has 0 radical (unpaired) electrons. The summed E-state index contributed by atoms with van der Waals surface area (Å²) < 4.78 is 11.7. The van der Waals surface area contributed by atoms with Crippen molar-refractivity contribution in [2.24, 2.45) is 23.7 Å². The Hall–Kier alpha value is -2.50. The van der Waals surface area contributed by atoms with Crippen LogP contribution >= 0.6 is 0 Å². The fourth-order valence-electron chi connectivity index (χ4n) is 5.54. The molecule has 0 spiro atoms. The van der Waals surface area contributed by atoms with E-state index >= 15 is 0 Å². The molecule has 2 heterocycles. The number of carbonyl (C=O) groups excluding carboxylic acids is 2. The maximum Gasteiger partial charge on any atom is 0.355 e. The number of ether oxygens (including phenoxy) is 2. The first-order valence-corrected chi connectivity index (χ1v) is 9.39. The van der Waals surface area contributed by atoms with E-state index < -0.39 is 0 Å². The van der Waals surface area contributed by atoms with Gasteiger partial charge in [-0.2, -0.15) is 0 Å². The maximum atomic E-state index is 12.5. The molecular formula is C20H22N2O4. The van der Waals surface area contributed by atoms with E-state index in [0.29, 0.717) is 35.1 Å². The van der Waals surface area contributed by atoms with Gasteiger partial charge in [-0.3, -0.25) is 0 Å². The van der Waals surface area contributed by atoms with E-state index in [-0.39, 0.29) is 24.1 Å². The summed E-state index contributed by atoms with van der Waals surface area (Å²) in [7, 11) is 0. The molecule has 2 N–H and O–H groups in total. The fraction of sp³-hybridized carbons (Fsp3) is 0.500. The van der Waals surface area contributed by atoms with Crippen molar-refractivity contribution in [3.8, 4) is 0 Å². The third-order valence-electron chi connectivity index (χ3n) is 6.55. The van der Waals surface area contributed by atoms with Gasteiger partial charge in [0.05, 0.1) is 0 Å². The Morgan fingerprint density at radius 2 is 1.54 bits per heavy atom. The molecule has 0 aliphatic heterocycles. The highest BCUT2D eigenvalue weighted by Gasteiger charge is 2.59. The Kier molecular flexibility index (Phi) is 3.65. The van der Waals surface area contributed by atoms with Gasteiger partial charge in [-0.15, -0.1) is 0 Å². The molecule has 136 valence electrons. The zero-order valence-electron chi connectivity index (χ0n) is 14.4. The van der Waals surface area contributed by atoms with Crippen LogP contribution in [0, 0.1) is 23.7 Å². The van der Waals surface area contributed by atoms with Crippen LogP contribution in [0.3, 0.4) is 0 Å². The molecule has 6 nitrogen and oxygen atoms in total. The van der Waals surface area contributed by atoms with E-state index in [1.165, 1.54) is 19.3 Å². The quantitative estimate of drug-likeness (QED) is 0.826. The van der Waals surface area contributed by atoms with Gasteiger partial charge in [0.15, 0.2) is 0 Å². The van der Waals surface area contributed by atoms with Gasteiger partial charge in [0.1, 0.15) is 23.6 Å². The predicted octanol–water partition coefficient (Wildman–Crippen LogP) is 3.16. The number of fused-ring (bicyclic) bond motifs is 5. The monoisotopic (exact) mass is 354 g/mol. The van der Waals surface area contributed by atoms with Crippen molar-refractivity contribution in [1.82, 2.24) is 9.97 Å². The Morgan fingerprint density at radius 1 is 0.885 bits per heavy atom. The molecular weight excluding hydrogens is 332 g/mol. The topological polar surface area (TPSA) is 84.2 Å². The van der Waals surface area contributed by atoms with Crippen molar-refractivity contribution < 1.29 is 19.1 Å². The number of esters is 2. The largest absolute Gasteiger partial charge is 0.454 e. The summed E-state index contributed by atoms with van der Waals surface area (Å²) in [4.78, 5) is 30.7. The molecule has 6 heteroatoms. The summed E-state index contributed by atoms with van der Waals surface area (Å²) in [5, 5.41) is 0. The molecule has 2 aromatic rings. The molecule has 26 heavy (non-hydrogen) atoms. The third-order valence-corrected chi connectivity index (χ3v) is 6.55. The van der Waals surface area contributed by atoms with Gasteiger partial charge in [-0.05, 0) is 67.7 Å². The lowest BCUT2D eigenvalue weighted by Gasteiger charge is -2.29. The minimum absolute atomic E-state index is 0.314. The first kappa shape index (κ1) is 15.7. The van der Waals surface area contributed by atoms with Crippen LogP contribution in [-0.2, 0) is 9.47 Å². The lowest BCUT2D eigenvalue weighted by Crippen LogP contribution is -2.37. The number of hydrogen-bond acceptors (Lipinski definition) is 4. The molecule has 3 aliphatic carbocycles. The van der Waals surface area contributed by atoms with E-state index in [9.17, 15) is 9.59 Å². The third kappa shape index (κ3) is 2.47. The summed E-state index contributed by atoms with van der Waals surface area (Å²) in [6.45, 7) is 0. The lowest BCUT2D eigenvalue weighted by atomic mass is 9.81. The molecule has 3 aliphatic rings. The van der Waals surface area contributed by atoms with Gasteiger partial charge in [0.2, 0.25) is 0 Å². The smallest absolute Gasteiger partial charge is 0.355 e. The van der Waals surface area contributed by atoms with Gasteiger partial charge in [-0.25, -0.2) is 9.59 Å². The van der Waals surface area contributed by atoms with Crippen molar-refractivity contribution >= 4 is 11.9 Å². The number of nitrogens with one attached hydrogen (secondary N) is 2. The zero-order valence-corrected chi connectivity index (χ0v) is 14.4. The van der Waals surface area contributed by atoms with Crippen molar-refractivity contribution in [3.63, 3.8) is 0 Å². The summed E-state index contributed by atoms with van der Waals surface area (Å²) >= 11 is 0. The van der Waals surface area contributed by atoms with Crippen LogP contribution in [0.25, 0.3) is 0 Å². The second-order valence-electron chi connectivity index (χ2n) is 7.79. The molecule has 2 bridgehead atoms. The molecule has 2 aromatic heterocycles. The van der Waals surface area contributed by atoms with Gasteiger partial charge in [0, 0.05) is 18.3 Å². The highest BCUT2D eigenvalue weighted by molar-refractivity contribution is 5.88. The Balaban J connectivity index is 1.37. The minimum Gasteiger partial charge on any atom is -0.454 e. The standard InChI is InChI=1S/C20H22N2O4/c23-19(14-3-1-7-21-14)25-16-10-13-11-5-6-12(9-11)17(13)18(16)26-20(24)15-4-2-8-22-15/h1-4,7-8,11-13,16-18,21-22H,5-6,9-10H2. The number of hydrogen-bond donors (Lipinski definition) is 2. The van der Waals surface area contributed by atoms with E-state index in [0.717, 1.165) is 6.42 Å². The first-order valence-electron chi connectivity index (χ1n) is 9.39. The van der Waals surface area contributed by atoms with Gasteiger partial charge in [-0.1, -0.05) is 0 Å². The van der Waals surface area contributed by atoms with Gasteiger partial charge < -0.3 is 19.4 Å². The molecule has 5 rings (SSSR count). The van der Waals surface area contributed by atoms with Crippen molar-refractivity contribution in [1.29, 1.82) is 0 Å². The normalized spacial score (nSPS) is 34.6. The number of H-pyrrole nitrogens is 2. The summed E-state index contributed by atoms with van der Waals surface area (Å²) in [6.07, 6.45) is 7.13. The van der Waals surface area contributed by atoms with E-state index in [1.54, 1.807) is 36.7 Å². The average Bonchev–Trinajstić information content (AvgIpc) is 3.42. The van der Waals surface area contributed by atoms with E-state index in [2.05, 4.69) is 9.97 Å². The highest BCUT2D eigenvalue weighted by atomic mass is 16.6. The maximum absolute atomic E-state index is 12.5. The van der Waals surface area contributed by atoms with Crippen LogP contribution < -0.4 is 0 Å². The SMILES string of the molecule is O=C(OC1CC2C3CCC(C3)C2C1OC(=O)c1ccc[nH]1)c1ccc[nH]1. The Labute approximate surface area is 151 Å². The number of aromatic amines is 2. The molecule has 0 amide bonds. The van der Waals surface area contributed by atoms with Crippen LogP contribution in [0.4, 0.5) is 0 Å². The predicted molar refractivity (Wildman–Crippen MR) is 92.4 cm³/mol. The molecule has 6 atom stereocenters. The lowest BCUT2D eigenvalue weighted by molar-refractivity contribution is -0.0421. The highest BCUT2D eigenvalue weighted by Crippen LogP contribution is 2.59. The Bertz CT molecular complexity index is 798. The van der Waals surface area contributed by atoms with Crippen LogP contribution in [-0.4, -0.2) is 34.1 Å². The fourth-order valence-corrected chi connectivity index (χ4v) is 5.54. The summed E-state index contributed by atoms with van der Waals surface area (Å²) in [5.74, 6) is 1.33. The van der Waals surface area contributed by atoms with E-state index in [4.69, 9.17) is 9.47 Å². The van der Waals surface area contributed by atoms with Crippen LogP contribution in [0.2, 0.25) is 0 Å². The minimum atomic E-state index is -0.381. The van der Waals surface area contributed by atoms with Crippen molar-refractivity contribution in [3.05, 3.63) is 48.0 Å². The zero-order chi connectivity index (χ0) is 17.7. The van der Waals surface area contributed by atoms with Crippen LogP contribution in [0.1, 0.15) is 46.7 Å². The number of aromatic nitrogens is 2. The summed E-state index contributed by atoms with van der Waals surface area (Å²) in [6, 6.07) is 6.94. The number of rotatable bonds is 4. The van der Waals surface area contributed by atoms with Crippen LogP contribution in [0.15, 0.2) is 36.7 Å². The average molecular weight is 354 g/mol.